The van der Waals surface area contributed by atoms with Crippen LogP contribution in [-0.2, 0) is 9.59 Å². The maximum atomic E-state index is 12.4. The number of rotatable bonds is 5. The molecule has 1 aliphatic heterocycles. The van der Waals surface area contributed by atoms with E-state index in [1.165, 1.54) is 4.90 Å². The molecule has 1 atom stereocenters. The van der Waals surface area contributed by atoms with Gasteiger partial charge in [-0.05, 0) is 50.2 Å². The van der Waals surface area contributed by atoms with Crippen LogP contribution in [0.3, 0.4) is 0 Å². The van der Waals surface area contributed by atoms with Gasteiger partial charge in [-0.15, -0.1) is 0 Å². The van der Waals surface area contributed by atoms with Gasteiger partial charge in [-0.2, -0.15) is 0 Å². The number of nitrogens with zero attached hydrogens (tertiary/aromatic N) is 2. The molecule has 3 rings (SSSR count). The number of pyridine rings is 1. The molecule has 2 amide bonds. The van der Waals surface area contributed by atoms with Crippen molar-refractivity contribution >= 4 is 29.1 Å². The molecule has 2 heterocycles. The largest absolute Gasteiger partial charge is 0.494 e. The van der Waals surface area contributed by atoms with E-state index in [0.717, 1.165) is 5.75 Å². The SMILES string of the molecule is CCOc1ccc(NC(=O)CN2C(=O)C(C)Oc3ccc(N)nc32)cc1. The molecule has 0 bridgehead atoms. The van der Waals surface area contributed by atoms with Crippen molar-refractivity contribution in [2.24, 2.45) is 0 Å². The van der Waals surface area contributed by atoms with Gasteiger partial charge < -0.3 is 20.5 Å². The van der Waals surface area contributed by atoms with Crippen molar-refractivity contribution in [3.05, 3.63) is 36.4 Å². The first-order valence-corrected chi connectivity index (χ1v) is 8.25. The first-order valence-electron chi connectivity index (χ1n) is 8.25. The van der Waals surface area contributed by atoms with Gasteiger partial charge >= 0.3 is 0 Å². The molecule has 0 saturated heterocycles. The summed E-state index contributed by atoms with van der Waals surface area (Å²) in [5.41, 5.74) is 6.30. The normalized spacial score (nSPS) is 15.8. The Kier molecular flexibility index (Phi) is 4.92. The van der Waals surface area contributed by atoms with Gasteiger partial charge in [-0.25, -0.2) is 4.98 Å². The zero-order chi connectivity index (χ0) is 18.7. The van der Waals surface area contributed by atoms with Crippen LogP contribution in [0.2, 0.25) is 0 Å². The molecule has 0 fully saturated rings. The van der Waals surface area contributed by atoms with Gasteiger partial charge in [0.05, 0.1) is 6.61 Å². The molecule has 1 aliphatic rings. The average molecular weight is 356 g/mol. The quantitative estimate of drug-likeness (QED) is 0.846. The molecule has 136 valence electrons. The van der Waals surface area contributed by atoms with Gasteiger partial charge in [-0.1, -0.05) is 0 Å². The second-order valence-corrected chi connectivity index (χ2v) is 5.75. The van der Waals surface area contributed by atoms with Crippen LogP contribution >= 0.6 is 0 Å². The van der Waals surface area contributed by atoms with Crippen molar-refractivity contribution in [2.75, 3.05) is 29.1 Å². The minimum Gasteiger partial charge on any atom is -0.494 e. The second-order valence-electron chi connectivity index (χ2n) is 5.75. The zero-order valence-corrected chi connectivity index (χ0v) is 14.6. The Balaban J connectivity index is 1.74. The number of hydrogen-bond donors (Lipinski definition) is 2. The third-order valence-corrected chi connectivity index (χ3v) is 3.78. The Morgan fingerprint density at radius 3 is 2.73 bits per heavy atom. The van der Waals surface area contributed by atoms with E-state index in [2.05, 4.69) is 10.3 Å². The second kappa shape index (κ2) is 7.30. The highest BCUT2D eigenvalue weighted by atomic mass is 16.5. The Bertz CT molecular complexity index is 822. The van der Waals surface area contributed by atoms with Crippen LogP contribution in [0.15, 0.2) is 36.4 Å². The highest BCUT2D eigenvalue weighted by molar-refractivity contribution is 6.05. The molecule has 0 saturated carbocycles. The van der Waals surface area contributed by atoms with Crippen LogP contribution in [0, 0.1) is 0 Å². The van der Waals surface area contributed by atoms with Gasteiger partial charge in [0.25, 0.3) is 5.91 Å². The lowest BCUT2D eigenvalue weighted by Gasteiger charge is -2.31. The van der Waals surface area contributed by atoms with Gasteiger partial charge in [0, 0.05) is 5.69 Å². The Hall–Kier alpha value is -3.29. The molecule has 3 N–H and O–H groups in total. The van der Waals surface area contributed by atoms with Crippen LogP contribution in [0.1, 0.15) is 13.8 Å². The molecule has 1 aromatic heterocycles. The lowest BCUT2D eigenvalue weighted by atomic mass is 10.2. The molecular weight excluding hydrogens is 336 g/mol. The van der Waals surface area contributed by atoms with Gasteiger partial charge in [0.2, 0.25) is 5.91 Å². The van der Waals surface area contributed by atoms with Crippen LogP contribution in [0.5, 0.6) is 11.5 Å². The number of amides is 2. The van der Waals surface area contributed by atoms with Crippen molar-refractivity contribution in [1.29, 1.82) is 0 Å². The smallest absolute Gasteiger partial charge is 0.269 e. The summed E-state index contributed by atoms with van der Waals surface area (Å²) < 4.78 is 10.9. The molecule has 0 aliphatic carbocycles. The third-order valence-electron chi connectivity index (χ3n) is 3.78. The Labute approximate surface area is 150 Å². The molecule has 8 nitrogen and oxygen atoms in total. The molecular formula is C18H20N4O4. The summed E-state index contributed by atoms with van der Waals surface area (Å²) in [5.74, 6) is 0.919. The van der Waals surface area contributed by atoms with Gasteiger partial charge in [0.1, 0.15) is 18.1 Å². The number of nitrogens with two attached hydrogens (primary N) is 1. The first kappa shape index (κ1) is 17.5. The van der Waals surface area contributed by atoms with E-state index in [1.54, 1.807) is 43.3 Å². The highest BCUT2D eigenvalue weighted by Crippen LogP contribution is 2.32. The van der Waals surface area contributed by atoms with E-state index in [4.69, 9.17) is 15.2 Å². The highest BCUT2D eigenvalue weighted by Gasteiger charge is 2.34. The van der Waals surface area contributed by atoms with Crippen molar-refractivity contribution < 1.29 is 19.1 Å². The van der Waals surface area contributed by atoms with E-state index in [1.807, 2.05) is 6.92 Å². The van der Waals surface area contributed by atoms with Crippen LogP contribution in [0.25, 0.3) is 0 Å². The standard InChI is InChI=1S/C18H20N4O4/c1-3-25-13-6-4-12(5-7-13)20-16(23)10-22-17-14(8-9-15(19)21-17)26-11(2)18(22)24/h4-9,11H,3,10H2,1-2H3,(H2,19,21)(H,20,23). The lowest BCUT2D eigenvalue weighted by molar-refractivity contribution is -0.127. The summed E-state index contributed by atoms with van der Waals surface area (Å²) in [6, 6.07) is 10.2. The first-order chi connectivity index (χ1) is 12.5. The van der Waals surface area contributed by atoms with Crippen LogP contribution in [-0.4, -0.2) is 36.1 Å². The van der Waals surface area contributed by atoms with E-state index >= 15 is 0 Å². The molecule has 26 heavy (non-hydrogen) atoms. The minimum atomic E-state index is -0.703. The Morgan fingerprint density at radius 1 is 1.31 bits per heavy atom. The summed E-state index contributed by atoms with van der Waals surface area (Å²) in [6.45, 7) is 3.90. The molecule has 0 spiro atoms. The fraction of sp³-hybridized carbons (Fsp3) is 0.278. The number of aromatic nitrogens is 1. The summed E-state index contributed by atoms with van der Waals surface area (Å²) in [5, 5.41) is 2.75. The number of fused-ring (bicyclic) bond motifs is 1. The van der Waals surface area contributed by atoms with Gasteiger partial charge in [0.15, 0.2) is 17.7 Å². The maximum absolute atomic E-state index is 12.4. The van der Waals surface area contributed by atoms with Crippen molar-refractivity contribution in [1.82, 2.24) is 4.98 Å². The van der Waals surface area contributed by atoms with E-state index in [-0.39, 0.29) is 30.0 Å². The van der Waals surface area contributed by atoms with Crippen molar-refractivity contribution in [3.8, 4) is 11.5 Å². The average Bonchev–Trinajstić information content (AvgIpc) is 2.61. The number of benzene rings is 1. The molecule has 1 unspecified atom stereocenters. The number of nitrogen functional groups attached to an aromatic ring is 1. The summed E-state index contributed by atoms with van der Waals surface area (Å²) >= 11 is 0. The van der Waals surface area contributed by atoms with Crippen molar-refractivity contribution in [2.45, 2.75) is 20.0 Å². The molecule has 1 aromatic carbocycles. The topological polar surface area (TPSA) is 107 Å². The summed E-state index contributed by atoms with van der Waals surface area (Å²) in [7, 11) is 0. The maximum Gasteiger partial charge on any atom is 0.269 e. The van der Waals surface area contributed by atoms with Crippen LogP contribution < -0.4 is 25.4 Å². The van der Waals surface area contributed by atoms with Gasteiger partial charge in [-0.3, -0.25) is 14.5 Å². The minimum absolute atomic E-state index is 0.191. The number of ether oxygens (including phenoxy) is 2. The fourth-order valence-corrected chi connectivity index (χ4v) is 2.60. The predicted molar refractivity (Wildman–Crippen MR) is 97.3 cm³/mol. The molecule has 8 heteroatoms. The van der Waals surface area contributed by atoms with E-state index < -0.39 is 6.10 Å². The number of carbonyl (C=O) groups is 2. The van der Waals surface area contributed by atoms with Crippen molar-refractivity contribution in [3.63, 3.8) is 0 Å². The third kappa shape index (κ3) is 3.69. The van der Waals surface area contributed by atoms with E-state index in [9.17, 15) is 9.59 Å². The molecule has 2 aromatic rings. The fourth-order valence-electron chi connectivity index (χ4n) is 2.60. The summed E-state index contributed by atoms with van der Waals surface area (Å²) in [4.78, 5) is 30.2. The number of hydrogen-bond acceptors (Lipinski definition) is 6. The molecule has 0 radical (unpaired) electrons. The monoisotopic (exact) mass is 356 g/mol. The number of nitrogens with one attached hydrogen (secondary N) is 1. The zero-order valence-electron chi connectivity index (χ0n) is 14.6. The lowest BCUT2D eigenvalue weighted by Crippen LogP contribution is -2.48. The predicted octanol–water partition coefficient (Wildman–Crippen LogP) is 1.82. The number of anilines is 3. The van der Waals surface area contributed by atoms with Crippen LogP contribution in [0.4, 0.5) is 17.3 Å². The van der Waals surface area contributed by atoms with E-state index in [0.29, 0.717) is 18.0 Å². The number of carbonyl (C=O) groups excluding carboxylic acids is 2. The summed E-state index contributed by atoms with van der Waals surface area (Å²) in [6.07, 6.45) is -0.703. The Morgan fingerprint density at radius 2 is 2.04 bits per heavy atom.